The zero-order valence-corrected chi connectivity index (χ0v) is 15.4. The quantitative estimate of drug-likeness (QED) is 0.548. The molecule has 1 aromatic carbocycles. The molecule has 4 N–H and O–H groups in total. The molecule has 1 atom stereocenters. The van der Waals surface area contributed by atoms with Crippen LogP contribution in [0.4, 0.5) is 5.69 Å². The van der Waals surface area contributed by atoms with Crippen LogP contribution in [0.25, 0.3) is 10.9 Å². The number of H-pyrrole nitrogens is 1. The van der Waals surface area contributed by atoms with Crippen LogP contribution in [0.2, 0.25) is 0 Å². The highest BCUT2D eigenvalue weighted by Gasteiger charge is 2.31. The molecule has 1 unspecified atom stereocenters. The van der Waals surface area contributed by atoms with E-state index in [0.29, 0.717) is 29.9 Å². The van der Waals surface area contributed by atoms with Gasteiger partial charge in [0.2, 0.25) is 5.91 Å². The third-order valence-electron chi connectivity index (χ3n) is 4.79. The van der Waals surface area contributed by atoms with Crippen LogP contribution >= 0.6 is 0 Å². The smallest absolute Gasteiger partial charge is 0.328 e. The third-order valence-corrected chi connectivity index (χ3v) is 4.79. The van der Waals surface area contributed by atoms with E-state index < -0.39 is 23.9 Å². The van der Waals surface area contributed by atoms with Crippen molar-refractivity contribution in [2.75, 3.05) is 38.5 Å². The van der Waals surface area contributed by atoms with Crippen molar-refractivity contribution >= 4 is 34.4 Å². The normalized spacial score (nSPS) is 17.0. The van der Waals surface area contributed by atoms with E-state index in [1.807, 2.05) is 11.9 Å². The number of anilines is 1. The molecule has 0 spiro atoms. The molecule has 9 heteroatoms. The number of aromatic nitrogens is 1. The van der Waals surface area contributed by atoms with Gasteiger partial charge in [0, 0.05) is 66.7 Å². The van der Waals surface area contributed by atoms with Crippen molar-refractivity contribution in [3.8, 4) is 0 Å². The zero-order chi connectivity index (χ0) is 20.3. The number of rotatable bonds is 6. The summed E-state index contributed by atoms with van der Waals surface area (Å²) in [6.45, 7) is 2.97. The second kappa shape index (κ2) is 8.24. The summed E-state index contributed by atoms with van der Waals surface area (Å²) in [6, 6.07) is 4.36. The van der Waals surface area contributed by atoms with Gasteiger partial charge >= 0.3 is 11.9 Å². The Morgan fingerprint density at radius 2 is 1.86 bits per heavy atom. The summed E-state index contributed by atoms with van der Waals surface area (Å²) in [4.78, 5) is 41.4. The molecule has 148 valence electrons. The molecule has 2 heterocycles. The van der Waals surface area contributed by atoms with Crippen LogP contribution in [0.15, 0.2) is 36.5 Å². The first-order valence-electron chi connectivity index (χ1n) is 8.83. The number of hydrogen-bond acceptors (Lipinski definition) is 5. The Balaban J connectivity index is 1.83. The fraction of sp³-hybridized carbons (Fsp3) is 0.316. The largest absolute Gasteiger partial charge is 0.480 e. The topological polar surface area (TPSA) is 126 Å². The lowest BCUT2D eigenvalue weighted by Gasteiger charge is -2.36. The summed E-state index contributed by atoms with van der Waals surface area (Å²) in [5, 5.41) is 21.7. The molecular formula is C19H22N4O5. The highest BCUT2D eigenvalue weighted by molar-refractivity contribution is 6.03. The van der Waals surface area contributed by atoms with Crippen molar-refractivity contribution < 1.29 is 24.6 Å². The van der Waals surface area contributed by atoms with E-state index in [1.54, 1.807) is 24.4 Å². The van der Waals surface area contributed by atoms with Gasteiger partial charge in [-0.3, -0.25) is 14.5 Å². The van der Waals surface area contributed by atoms with Gasteiger partial charge < -0.3 is 25.4 Å². The van der Waals surface area contributed by atoms with Crippen molar-refractivity contribution in [1.82, 2.24) is 14.8 Å². The number of benzene rings is 1. The van der Waals surface area contributed by atoms with Crippen LogP contribution in [0.5, 0.6) is 0 Å². The average molecular weight is 386 g/mol. The average Bonchev–Trinajstić information content (AvgIpc) is 3.04. The number of carboxylic acids is 2. The van der Waals surface area contributed by atoms with E-state index in [1.165, 1.54) is 0 Å². The SMILES string of the molecule is CN1CCN(C(C(=O)O)c2c[nH]c3cc(NC(=O)/C=C/C(=O)O)ccc23)CC1. The highest BCUT2D eigenvalue weighted by atomic mass is 16.4. The Morgan fingerprint density at radius 3 is 2.50 bits per heavy atom. The predicted octanol–water partition coefficient (Wildman–Crippen LogP) is 1.12. The molecule has 1 fully saturated rings. The first kappa shape index (κ1) is 19.6. The lowest BCUT2D eigenvalue weighted by molar-refractivity contribution is -0.144. The van der Waals surface area contributed by atoms with Crippen LogP contribution in [0, 0.1) is 0 Å². The number of aromatic amines is 1. The number of piperazine rings is 1. The molecule has 9 nitrogen and oxygen atoms in total. The number of aliphatic carboxylic acids is 2. The van der Waals surface area contributed by atoms with Gasteiger partial charge in [0.15, 0.2) is 0 Å². The van der Waals surface area contributed by atoms with Gasteiger partial charge in [0.05, 0.1) is 0 Å². The van der Waals surface area contributed by atoms with E-state index >= 15 is 0 Å². The van der Waals surface area contributed by atoms with Crippen molar-refractivity contribution in [2.45, 2.75) is 6.04 Å². The lowest BCUT2D eigenvalue weighted by atomic mass is 10.0. The van der Waals surface area contributed by atoms with Crippen molar-refractivity contribution in [3.05, 3.63) is 42.1 Å². The third kappa shape index (κ3) is 4.38. The molecule has 3 rings (SSSR count). The molecule has 1 aliphatic heterocycles. The summed E-state index contributed by atoms with van der Waals surface area (Å²) >= 11 is 0. The summed E-state index contributed by atoms with van der Waals surface area (Å²) in [5.74, 6) is -2.67. The monoisotopic (exact) mass is 386 g/mol. The zero-order valence-electron chi connectivity index (χ0n) is 15.4. The number of hydrogen-bond donors (Lipinski definition) is 4. The molecule has 1 aromatic heterocycles. The van der Waals surface area contributed by atoms with E-state index in [9.17, 15) is 19.5 Å². The Bertz CT molecular complexity index is 928. The lowest BCUT2D eigenvalue weighted by Crippen LogP contribution is -2.47. The second-order valence-electron chi connectivity index (χ2n) is 6.75. The number of carbonyl (C=O) groups is 3. The Labute approximate surface area is 161 Å². The van der Waals surface area contributed by atoms with Crippen LogP contribution in [-0.4, -0.2) is 76.1 Å². The van der Waals surface area contributed by atoms with E-state index in [-0.39, 0.29) is 0 Å². The van der Waals surface area contributed by atoms with Crippen molar-refractivity contribution in [2.24, 2.45) is 0 Å². The number of amides is 1. The molecule has 28 heavy (non-hydrogen) atoms. The minimum Gasteiger partial charge on any atom is -0.480 e. The summed E-state index contributed by atoms with van der Waals surface area (Å²) < 4.78 is 0. The molecule has 2 aromatic rings. The van der Waals surface area contributed by atoms with E-state index in [0.717, 1.165) is 30.6 Å². The van der Waals surface area contributed by atoms with Gasteiger partial charge in [0.25, 0.3) is 0 Å². The number of fused-ring (bicyclic) bond motifs is 1. The first-order chi connectivity index (χ1) is 13.3. The van der Waals surface area contributed by atoms with Gasteiger partial charge in [-0.1, -0.05) is 6.07 Å². The van der Waals surface area contributed by atoms with Gasteiger partial charge in [-0.05, 0) is 19.2 Å². The number of nitrogens with zero attached hydrogens (tertiary/aromatic N) is 2. The van der Waals surface area contributed by atoms with Crippen molar-refractivity contribution in [3.63, 3.8) is 0 Å². The number of carbonyl (C=O) groups excluding carboxylic acids is 1. The van der Waals surface area contributed by atoms with Gasteiger partial charge in [-0.15, -0.1) is 0 Å². The number of likely N-dealkylation sites (N-methyl/N-ethyl adjacent to an activating group) is 1. The molecule has 1 amide bonds. The fourth-order valence-electron chi connectivity index (χ4n) is 3.35. The minimum absolute atomic E-state index is 0.479. The second-order valence-corrected chi connectivity index (χ2v) is 6.75. The van der Waals surface area contributed by atoms with Crippen molar-refractivity contribution in [1.29, 1.82) is 0 Å². The first-order valence-corrected chi connectivity index (χ1v) is 8.83. The maximum atomic E-state index is 12.0. The molecule has 1 aliphatic rings. The molecule has 1 saturated heterocycles. The molecule has 0 bridgehead atoms. The van der Waals surface area contributed by atoms with Crippen LogP contribution in [0.1, 0.15) is 11.6 Å². The summed E-state index contributed by atoms with van der Waals surface area (Å²) in [5.41, 5.74) is 1.85. The summed E-state index contributed by atoms with van der Waals surface area (Å²) in [6.07, 6.45) is 3.38. The Kier molecular flexibility index (Phi) is 5.76. The number of carboxylic acid groups (broad SMARTS) is 2. The Morgan fingerprint density at radius 1 is 1.14 bits per heavy atom. The standard InChI is InChI=1S/C19H22N4O5/c1-22-6-8-23(9-7-22)18(19(27)28)14-11-20-15-10-12(2-3-13(14)15)21-16(24)4-5-17(25)26/h2-5,10-11,18,20H,6-9H2,1H3,(H,21,24)(H,25,26)(H,27,28)/b5-4+. The van der Waals surface area contributed by atoms with Gasteiger partial charge in [-0.2, -0.15) is 0 Å². The fourth-order valence-corrected chi connectivity index (χ4v) is 3.35. The maximum Gasteiger partial charge on any atom is 0.328 e. The molecule has 0 radical (unpaired) electrons. The molecule has 0 saturated carbocycles. The predicted molar refractivity (Wildman–Crippen MR) is 103 cm³/mol. The van der Waals surface area contributed by atoms with E-state index in [2.05, 4.69) is 15.2 Å². The van der Waals surface area contributed by atoms with Gasteiger partial charge in [-0.25, -0.2) is 4.79 Å². The minimum atomic E-state index is -1.21. The van der Waals surface area contributed by atoms with Crippen LogP contribution in [-0.2, 0) is 14.4 Å². The van der Waals surface area contributed by atoms with Crippen LogP contribution in [0.3, 0.4) is 0 Å². The molecule has 0 aliphatic carbocycles. The molecular weight excluding hydrogens is 364 g/mol. The van der Waals surface area contributed by atoms with Gasteiger partial charge in [0.1, 0.15) is 6.04 Å². The summed E-state index contributed by atoms with van der Waals surface area (Å²) in [7, 11) is 2.01. The maximum absolute atomic E-state index is 12.0. The number of nitrogens with one attached hydrogen (secondary N) is 2. The Hall–Kier alpha value is -3.17. The van der Waals surface area contributed by atoms with E-state index in [4.69, 9.17) is 5.11 Å². The highest BCUT2D eigenvalue weighted by Crippen LogP contribution is 2.31. The van der Waals surface area contributed by atoms with Crippen LogP contribution < -0.4 is 5.32 Å².